The van der Waals surface area contributed by atoms with Crippen molar-refractivity contribution in [1.82, 2.24) is 0 Å². The van der Waals surface area contributed by atoms with Gasteiger partial charge in [0, 0.05) is 6.42 Å². The lowest BCUT2D eigenvalue weighted by atomic mass is 10.2. The van der Waals surface area contributed by atoms with Crippen molar-refractivity contribution in [3.8, 4) is 0 Å². The summed E-state index contributed by atoms with van der Waals surface area (Å²) in [7, 11) is 0.911. The molecule has 0 bridgehead atoms. The maximum Gasteiger partial charge on any atom is 0.453 e. The molecule has 0 radical (unpaired) electrons. The Morgan fingerprint density at radius 1 is 1.23 bits per heavy atom. The van der Waals surface area contributed by atoms with E-state index in [2.05, 4.69) is 4.74 Å². The minimum Gasteiger partial charge on any atom is -0.469 e. The first-order valence-corrected chi connectivity index (χ1v) is 3.22. The molecule has 0 aromatic carbocycles. The van der Waals surface area contributed by atoms with Gasteiger partial charge in [-0.3, -0.25) is 4.79 Å². The molecule has 0 aromatic rings. The number of carbonyl (C=O) groups excluding carboxylic acids is 1. The fourth-order valence-electron chi connectivity index (χ4n) is 0.503. The highest BCUT2D eigenvalue weighted by atomic mass is 19.4. The molecule has 0 aliphatic rings. The van der Waals surface area contributed by atoms with Gasteiger partial charge in [0.05, 0.1) is 13.5 Å². The maximum absolute atomic E-state index is 12.1. The second-order valence-corrected chi connectivity index (χ2v) is 2.28. The summed E-state index contributed by atoms with van der Waals surface area (Å²) in [6.07, 6.45) is -8.15. The molecule has 0 unspecified atom stereocenters. The van der Waals surface area contributed by atoms with Gasteiger partial charge in [0.25, 0.3) is 0 Å². The molecule has 0 saturated heterocycles. The first-order valence-electron chi connectivity index (χ1n) is 3.22. The van der Waals surface area contributed by atoms with E-state index in [0.29, 0.717) is 0 Å². The molecule has 7 heteroatoms. The van der Waals surface area contributed by atoms with Crippen LogP contribution in [0.4, 0.5) is 22.0 Å². The average molecular weight is 206 g/mol. The first kappa shape index (κ1) is 12.1. The predicted molar refractivity (Wildman–Crippen MR) is 32.3 cm³/mol. The van der Waals surface area contributed by atoms with Crippen molar-refractivity contribution in [3.63, 3.8) is 0 Å². The predicted octanol–water partition coefficient (Wildman–Crippen LogP) is 2.14. The molecule has 0 saturated carbocycles. The number of methoxy groups -OCH3 is 1. The van der Waals surface area contributed by atoms with Crippen LogP contribution in [0.3, 0.4) is 0 Å². The molecule has 0 amide bonds. The van der Waals surface area contributed by atoms with E-state index >= 15 is 0 Å². The van der Waals surface area contributed by atoms with Gasteiger partial charge < -0.3 is 4.74 Å². The summed E-state index contributed by atoms with van der Waals surface area (Å²) >= 11 is 0. The lowest BCUT2D eigenvalue weighted by Crippen LogP contribution is -2.36. The highest BCUT2D eigenvalue weighted by Crippen LogP contribution is 2.38. The van der Waals surface area contributed by atoms with Gasteiger partial charge in [0.2, 0.25) is 0 Å². The summed E-state index contributed by atoms with van der Waals surface area (Å²) in [5, 5.41) is 0. The van der Waals surface area contributed by atoms with E-state index in [1.54, 1.807) is 0 Å². The fraction of sp³-hybridized carbons (Fsp3) is 0.833. The number of ether oxygens (including phenoxy) is 1. The second kappa shape index (κ2) is 3.89. The highest BCUT2D eigenvalue weighted by molar-refractivity contribution is 5.69. The number of esters is 1. The molecule has 0 fully saturated rings. The molecule has 0 rings (SSSR count). The number of hydrogen-bond acceptors (Lipinski definition) is 2. The average Bonchev–Trinajstić information content (AvgIpc) is 1.98. The molecule has 0 atom stereocenters. The lowest BCUT2D eigenvalue weighted by molar-refractivity contribution is -0.284. The standard InChI is InChI=1S/C6H7F5O2/c1-13-4(12)2-3-5(7,8)6(9,10)11/h2-3H2,1H3. The molecule has 13 heavy (non-hydrogen) atoms. The van der Waals surface area contributed by atoms with E-state index in [0.717, 1.165) is 7.11 Å². The van der Waals surface area contributed by atoms with Crippen molar-refractivity contribution in [2.75, 3.05) is 7.11 Å². The summed E-state index contributed by atoms with van der Waals surface area (Å²) in [4.78, 5) is 10.3. The Hall–Kier alpha value is -0.880. The Bertz CT molecular complexity index is 186. The van der Waals surface area contributed by atoms with Crippen molar-refractivity contribution in [3.05, 3.63) is 0 Å². The zero-order chi connectivity index (χ0) is 10.7. The summed E-state index contributed by atoms with van der Waals surface area (Å²) in [6, 6.07) is 0. The van der Waals surface area contributed by atoms with Crippen molar-refractivity contribution in [2.45, 2.75) is 24.9 Å². The minimum absolute atomic E-state index is 0.911. The number of halogens is 5. The van der Waals surface area contributed by atoms with Crippen LogP contribution in [0.5, 0.6) is 0 Å². The van der Waals surface area contributed by atoms with Crippen molar-refractivity contribution < 1.29 is 31.5 Å². The van der Waals surface area contributed by atoms with E-state index in [-0.39, 0.29) is 0 Å². The molecule has 0 aromatic heterocycles. The largest absolute Gasteiger partial charge is 0.469 e. The molecular weight excluding hydrogens is 199 g/mol. The second-order valence-electron chi connectivity index (χ2n) is 2.28. The Morgan fingerprint density at radius 3 is 2.00 bits per heavy atom. The van der Waals surface area contributed by atoms with Crippen LogP contribution in [0.2, 0.25) is 0 Å². The van der Waals surface area contributed by atoms with Gasteiger partial charge in [-0.05, 0) is 0 Å². The van der Waals surface area contributed by atoms with E-state index < -0.39 is 30.9 Å². The summed E-state index contributed by atoms with van der Waals surface area (Å²) in [6.45, 7) is 0. The van der Waals surface area contributed by atoms with Crippen LogP contribution in [0, 0.1) is 0 Å². The Balaban J connectivity index is 4.12. The van der Waals surface area contributed by atoms with Crippen LogP contribution in [-0.2, 0) is 9.53 Å². The van der Waals surface area contributed by atoms with Crippen LogP contribution >= 0.6 is 0 Å². The first-order chi connectivity index (χ1) is 5.70. The summed E-state index contributed by atoms with van der Waals surface area (Å²) in [5.41, 5.74) is 0. The molecule has 0 spiro atoms. The maximum atomic E-state index is 12.1. The van der Waals surface area contributed by atoms with Crippen LogP contribution < -0.4 is 0 Å². The smallest absolute Gasteiger partial charge is 0.453 e. The summed E-state index contributed by atoms with van der Waals surface area (Å²) < 4.78 is 62.6. The lowest BCUT2D eigenvalue weighted by Gasteiger charge is -2.18. The van der Waals surface area contributed by atoms with Gasteiger partial charge in [0.1, 0.15) is 0 Å². The van der Waals surface area contributed by atoms with Gasteiger partial charge in [-0.25, -0.2) is 0 Å². The highest BCUT2D eigenvalue weighted by Gasteiger charge is 2.56. The van der Waals surface area contributed by atoms with Gasteiger partial charge in [-0.1, -0.05) is 0 Å². The number of carbonyl (C=O) groups is 1. The Morgan fingerprint density at radius 2 is 1.69 bits per heavy atom. The normalized spacial score (nSPS) is 12.8. The van der Waals surface area contributed by atoms with Crippen molar-refractivity contribution in [1.29, 1.82) is 0 Å². The molecular formula is C6H7F5O2. The third kappa shape index (κ3) is 3.56. The Labute approximate surface area is 70.7 Å². The van der Waals surface area contributed by atoms with Gasteiger partial charge in [-0.2, -0.15) is 22.0 Å². The summed E-state index contributed by atoms with van der Waals surface area (Å²) in [5.74, 6) is -5.93. The van der Waals surface area contributed by atoms with Crippen LogP contribution in [0.1, 0.15) is 12.8 Å². The van der Waals surface area contributed by atoms with Crippen LogP contribution in [-0.4, -0.2) is 25.2 Å². The van der Waals surface area contributed by atoms with E-state index in [4.69, 9.17) is 0 Å². The quantitative estimate of drug-likeness (QED) is 0.522. The Kier molecular flexibility index (Phi) is 3.62. The molecule has 0 heterocycles. The van der Waals surface area contributed by atoms with Gasteiger partial charge >= 0.3 is 18.1 Å². The third-order valence-corrected chi connectivity index (χ3v) is 1.29. The van der Waals surface area contributed by atoms with Crippen molar-refractivity contribution >= 4 is 5.97 Å². The molecule has 0 N–H and O–H groups in total. The minimum atomic E-state index is -5.61. The van der Waals surface area contributed by atoms with Crippen LogP contribution in [0.15, 0.2) is 0 Å². The number of alkyl halides is 5. The van der Waals surface area contributed by atoms with E-state index in [9.17, 15) is 26.7 Å². The van der Waals surface area contributed by atoms with Gasteiger partial charge in [0.15, 0.2) is 0 Å². The fourth-order valence-corrected chi connectivity index (χ4v) is 0.503. The SMILES string of the molecule is COC(=O)CCC(F)(F)C(F)(F)F. The monoisotopic (exact) mass is 206 g/mol. The molecule has 0 aliphatic carbocycles. The van der Waals surface area contributed by atoms with Crippen LogP contribution in [0.25, 0.3) is 0 Å². The van der Waals surface area contributed by atoms with Crippen molar-refractivity contribution in [2.24, 2.45) is 0 Å². The zero-order valence-electron chi connectivity index (χ0n) is 6.62. The number of rotatable bonds is 3. The zero-order valence-corrected chi connectivity index (χ0v) is 6.62. The molecule has 0 aliphatic heterocycles. The van der Waals surface area contributed by atoms with Gasteiger partial charge in [-0.15, -0.1) is 0 Å². The van der Waals surface area contributed by atoms with E-state index in [1.807, 2.05) is 0 Å². The molecule has 78 valence electrons. The number of hydrogen-bond donors (Lipinski definition) is 0. The third-order valence-electron chi connectivity index (χ3n) is 1.29. The molecule has 2 nitrogen and oxygen atoms in total. The van der Waals surface area contributed by atoms with E-state index in [1.165, 1.54) is 0 Å². The topological polar surface area (TPSA) is 26.3 Å².